The van der Waals surface area contributed by atoms with Crippen LogP contribution in [0.15, 0.2) is 0 Å². The summed E-state index contributed by atoms with van der Waals surface area (Å²) in [5.74, 6) is 1.20. The molecule has 0 aromatic rings. The standard InChI is InChI=1S/C12H24N2OS/c1-9(8-16-3)13-10(2)12(15)14-11-6-4-5-7-11/h9-11,13H,4-8H2,1-3H3,(H,14,15). The van der Waals surface area contributed by atoms with Gasteiger partial charge in [0, 0.05) is 17.8 Å². The van der Waals surface area contributed by atoms with E-state index < -0.39 is 0 Å². The van der Waals surface area contributed by atoms with E-state index >= 15 is 0 Å². The molecule has 2 atom stereocenters. The van der Waals surface area contributed by atoms with Gasteiger partial charge >= 0.3 is 0 Å². The molecule has 2 N–H and O–H groups in total. The molecule has 16 heavy (non-hydrogen) atoms. The van der Waals surface area contributed by atoms with E-state index in [9.17, 15) is 4.79 Å². The minimum absolute atomic E-state index is 0.0808. The Balaban J connectivity index is 2.23. The molecule has 0 aliphatic heterocycles. The van der Waals surface area contributed by atoms with Crippen LogP contribution in [-0.4, -0.2) is 36.0 Å². The van der Waals surface area contributed by atoms with Crippen LogP contribution in [-0.2, 0) is 4.79 Å². The lowest BCUT2D eigenvalue weighted by molar-refractivity contribution is -0.123. The number of rotatable bonds is 6. The van der Waals surface area contributed by atoms with Crippen LogP contribution in [0.5, 0.6) is 0 Å². The van der Waals surface area contributed by atoms with E-state index in [1.807, 2.05) is 6.92 Å². The van der Waals surface area contributed by atoms with Gasteiger partial charge in [-0.2, -0.15) is 11.8 Å². The summed E-state index contributed by atoms with van der Waals surface area (Å²) in [6.07, 6.45) is 6.91. The summed E-state index contributed by atoms with van der Waals surface area (Å²) < 4.78 is 0. The van der Waals surface area contributed by atoms with Gasteiger partial charge in [0.1, 0.15) is 0 Å². The zero-order valence-corrected chi connectivity index (χ0v) is 11.4. The normalized spacial score (nSPS) is 20.7. The molecule has 0 aromatic carbocycles. The van der Waals surface area contributed by atoms with Gasteiger partial charge in [0.2, 0.25) is 5.91 Å². The molecule has 94 valence electrons. The molecular weight excluding hydrogens is 220 g/mol. The molecule has 0 aromatic heterocycles. The van der Waals surface area contributed by atoms with Gasteiger partial charge in [-0.1, -0.05) is 12.8 Å². The summed E-state index contributed by atoms with van der Waals surface area (Å²) in [6, 6.07) is 0.731. The van der Waals surface area contributed by atoms with Crippen LogP contribution in [0.3, 0.4) is 0 Å². The lowest BCUT2D eigenvalue weighted by Crippen LogP contribution is -2.48. The van der Waals surface area contributed by atoms with Crippen molar-refractivity contribution in [3.8, 4) is 0 Å². The van der Waals surface area contributed by atoms with Crippen LogP contribution in [0, 0.1) is 0 Å². The second kappa shape index (κ2) is 7.17. The van der Waals surface area contributed by atoms with Gasteiger partial charge in [0.25, 0.3) is 0 Å². The number of amides is 1. The van der Waals surface area contributed by atoms with Gasteiger partial charge in [-0.15, -0.1) is 0 Å². The fraction of sp³-hybridized carbons (Fsp3) is 0.917. The molecule has 2 unspecified atom stereocenters. The van der Waals surface area contributed by atoms with Gasteiger partial charge in [-0.25, -0.2) is 0 Å². The Morgan fingerprint density at radius 2 is 2.00 bits per heavy atom. The van der Waals surface area contributed by atoms with Crippen molar-refractivity contribution in [1.29, 1.82) is 0 Å². The van der Waals surface area contributed by atoms with Crippen molar-refractivity contribution in [3.05, 3.63) is 0 Å². The second-order valence-corrected chi connectivity index (χ2v) is 5.65. The fourth-order valence-corrected chi connectivity index (χ4v) is 2.79. The number of hydrogen-bond donors (Lipinski definition) is 2. The largest absolute Gasteiger partial charge is 0.352 e. The lowest BCUT2D eigenvalue weighted by Gasteiger charge is -2.21. The Kier molecular flexibility index (Phi) is 6.21. The molecule has 0 heterocycles. The second-order valence-electron chi connectivity index (χ2n) is 4.73. The van der Waals surface area contributed by atoms with Gasteiger partial charge in [0.15, 0.2) is 0 Å². The average molecular weight is 244 g/mol. The number of thioether (sulfide) groups is 1. The molecule has 0 spiro atoms. The first-order valence-electron chi connectivity index (χ1n) is 6.19. The first-order chi connectivity index (χ1) is 7.63. The summed E-state index contributed by atoms with van der Waals surface area (Å²) in [6.45, 7) is 4.07. The molecular formula is C12H24N2OS. The highest BCUT2D eigenvalue weighted by Gasteiger charge is 2.21. The highest BCUT2D eigenvalue weighted by Crippen LogP contribution is 2.17. The number of nitrogens with one attached hydrogen (secondary N) is 2. The van der Waals surface area contributed by atoms with Crippen molar-refractivity contribution in [1.82, 2.24) is 10.6 Å². The minimum atomic E-state index is -0.0808. The van der Waals surface area contributed by atoms with Crippen molar-refractivity contribution in [2.24, 2.45) is 0 Å². The van der Waals surface area contributed by atoms with E-state index in [4.69, 9.17) is 0 Å². The van der Waals surface area contributed by atoms with Gasteiger partial charge in [0.05, 0.1) is 6.04 Å². The molecule has 1 aliphatic rings. The molecule has 1 fully saturated rings. The Morgan fingerprint density at radius 1 is 1.38 bits per heavy atom. The Hall–Kier alpha value is -0.220. The topological polar surface area (TPSA) is 41.1 Å². The molecule has 0 bridgehead atoms. The summed E-state index contributed by atoms with van der Waals surface area (Å²) >= 11 is 1.80. The first-order valence-corrected chi connectivity index (χ1v) is 7.58. The van der Waals surface area contributed by atoms with Crippen LogP contribution in [0.25, 0.3) is 0 Å². The summed E-state index contributed by atoms with van der Waals surface area (Å²) in [4.78, 5) is 11.9. The van der Waals surface area contributed by atoms with E-state index in [0.717, 1.165) is 18.6 Å². The third-order valence-electron chi connectivity index (χ3n) is 3.05. The molecule has 4 heteroatoms. The van der Waals surface area contributed by atoms with E-state index in [0.29, 0.717) is 12.1 Å². The fourth-order valence-electron chi connectivity index (χ4n) is 2.20. The maximum Gasteiger partial charge on any atom is 0.237 e. The molecule has 0 radical (unpaired) electrons. The predicted octanol–water partition coefficient (Wildman–Crippen LogP) is 1.77. The number of hydrogen-bond acceptors (Lipinski definition) is 3. The molecule has 1 saturated carbocycles. The van der Waals surface area contributed by atoms with Gasteiger partial charge in [-0.05, 0) is 32.9 Å². The van der Waals surface area contributed by atoms with Crippen molar-refractivity contribution in [3.63, 3.8) is 0 Å². The SMILES string of the molecule is CSCC(C)NC(C)C(=O)NC1CCCC1. The Bertz CT molecular complexity index is 217. The maximum atomic E-state index is 11.9. The highest BCUT2D eigenvalue weighted by atomic mass is 32.2. The third-order valence-corrected chi connectivity index (χ3v) is 3.88. The van der Waals surface area contributed by atoms with Gasteiger partial charge < -0.3 is 10.6 Å². The van der Waals surface area contributed by atoms with Crippen LogP contribution in [0.4, 0.5) is 0 Å². The molecule has 3 nitrogen and oxygen atoms in total. The zero-order chi connectivity index (χ0) is 12.0. The Labute approximate surface area is 103 Å². The number of carbonyl (C=O) groups excluding carboxylic acids is 1. The van der Waals surface area contributed by atoms with E-state index in [1.54, 1.807) is 11.8 Å². The van der Waals surface area contributed by atoms with E-state index in [1.165, 1.54) is 12.8 Å². The van der Waals surface area contributed by atoms with Crippen molar-refractivity contribution >= 4 is 17.7 Å². The van der Waals surface area contributed by atoms with Crippen molar-refractivity contribution in [2.75, 3.05) is 12.0 Å². The molecule has 1 rings (SSSR count). The lowest BCUT2D eigenvalue weighted by atomic mass is 10.2. The van der Waals surface area contributed by atoms with E-state index in [2.05, 4.69) is 23.8 Å². The molecule has 1 amide bonds. The maximum absolute atomic E-state index is 11.9. The average Bonchev–Trinajstić information content (AvgIpc) is 2.70. The predicted molar refractivity (Wildman–Crippen MR) is 70.8 cm³/mol. The minimum Gasteiger partial charge on any atom is -0.352 e. The van der Waals surface area contributed by atoms with Crippen LogP contribution in [0.2, 0.25) is 0 Å². The third kappa shape index (κ3) is 4.74. The first kappa shape index (κ1) is 13.8. The molecule has 0 saturated heterocycles. The van der Waals surface area contributed by atoms with Crippen molar-refractivity contribution in [2.45, 2.75) is 57.7 Å². The molecule has 1 aliphatic carbocycles. The van der Waals surface area contributed by atoms with Crippen LogP contribution in [0.1, 0.15) is 39.5 Å². The van der Waals surface area contributed by atoms with Crippen molar-refractivity contribution < 1.29 is 4.79 Å². The van der Waals surface area contributed by atoms with Crippen LogP contribution >= 0.6 is 11.8 Å². The summed E-state index contributed by atoms with van der Waals surface area (Å²) in [5.41, 5.74) is 0. The van der Waals surface area contributed by atoms with Gasteiger partial charge in [-0.3, -0.25) is 4.79 Å². The summed E-state index contributed by atoms with van der Waals surface area (Å²) in [7, 11) is 0. The quantitative estimate of drug-likeness (QED) is 0.748. The Morgan fingerprint density at radius 3 is 2.56 bits per heavy atom. The summed E-state index contributed by atoms with van der Waals surface area (Å²) in [5, 5.41) is 6.44. The monoisotopic (exact) mass is 244 g/mol. The number of carbonyl (C=O) groups is 1. The van der Waals surface area contributed by atoms with E-state index in [-0.39, 0.29) is 11.9 Å². The van der Waals surface area contributed by atoms with Crippen LogP contribution < -0.4 is 10.6 Å². The zero-order valence-electron chi connectivity index (χ0n) is 10.6. The highest BCUT2D eigenvalue weighted by molar-refractivity contribution is 7.98. The smallest absolute Gasteiger partial charge is 0.237 e.